The van der Waals surface area contributed by atoms with Gasteiger partial charge in [-0.25, -0.2) is 9.97 Å². The SMILES string of the molecule is CN(CC1CCCCC1)c1cnc(C(N)=S)cn1. The van der Waals surface area contributed by atoms with Crippen LogP contribution in [0.15, 0.2) is 12.4 Å². The Morgan fingerprint density at radius 2 is 2.06 bits per heavy atom. The summed E-state index contributed by atoms with van der Waals surface area (Å²) >= 11 is 4.86. The second kappa shape index (κ2) is 6.09. The first-order chi connectivity index (χ1) is 8.66. The molecular weight excluding hydrogens is 244 g/mol. The number of rotatable bonds is 4. The van der Waals surface area contributed by atoms with Gasteiger partial charge in [0, 0.05) is 13.6 Å². The van der Waals surface area contributed by atoms with Crippen molar-refractivity contribution in [3.8, 4) is 0 Å². The molecule has 1 aliphatic carbocycles. The van der Waals surface area contributed by atoms with E-state index in [2.05, 4.69) is 21.9 Å². The van der Waals surface area contributed by atoms with Crippen LogP contribution in [0.5, 0.6) is 0 Å². The van der Waals surface area contributed by atoms with Gasteiger partial charge in [-0.3, -0.25) is 0 Å². The quantitative estimate of drug-likeness (QED) is 0.844. The maximum atomic E-state index is 5.50. The summed E-state index contributed by atoms with van der Waals surface area (Å²) in [5, 5.41) is 0. The van der Waals surface area contributed by atoms with Crippen molar-refractivity contribution in [3.05, 3.63) is 18.1 Å². The molecule has 18 heavy (non-hydrogen) atoms. The highest BCUT2D eigenvalue weighted by molar-refractivity contribution is 7.80. The van der Waals surface area contributed by atoms with Crippen molar-refractivity contribution >= 4 is 23.0 Å². The Kier molecular flexibility index (Phi) is 4.47. The van der Waals surface area contributed by atoms with Crippen molar-refractivity contribution in [2.45, 2.75) is 32.1 Å². The highest BCUT2D eigenvalue weighted by atomic mass is 32.1. The molecule has 98 valence electrons. The zero-order chi connectivity index (χ0) is 13.0. The molecule has 4 nitrogen and oxygen atoms in total. The number of aromatic nitrogens is 2. The van der Waals surface area contributed by atoms with Gasteiger partial charge in [0.25, 0.3) is 0 Å². The largest absolute Gasteiger partial charge is 0.388 e. The van der Waals surface area contributed by atoms with Crippen LogP contribution in [0.3, 0.4) is 0 Å². The molecule has 1 heterocycles. The Balaban J connectivity index is 1.95. The molecule has 2 rings (SSSR count). The smallest absolute Gasteiger partial charge is 0.146 e. The number of nitrogens with zero attached hydrogens (tertiary/aromatic N) is 3. The molecule has 0 spiro atoms. The lowest BCUT2D eigenvalue weighted by atomic mass is 9.89. The standard InChI is InChI=1S/C13H20N4S/c1-17(9-10-5-3-2-4-6-10)12-8-15-11(7-16-12)13(14)18/h7-8,10H,2-6,9H2,1H3,(H2,14,18). The van der Waals surface area contributed by atoms with Crippen LogP contribution in [0.25, 0.3) is 0 Å². The van der Waals surface area contributed by atoms with Crippen LogP contribution in [0, 0.1) is 5.92 Å². The molecule has 0 amide bonds. The number of anilines is 1. The molecule has 0 bridgehead atoms. The van der Waals surface area contributed by atoms with Gasteiger partial charge in [-0.05, 0) is 18.8 Å². The molecule has 1 fully saturated rings. The number of hydrogen-bond acceptors (Lipinski definition) is 4. The summed E-state index contributed by atoms with van der Waals surface area (Å²) in [5.41, 5.74) is 6.09. The van der Waals surface area contributed by atoms with Crippen LogP contribution in [-0.2, 0) is 0 Å². The van der Waals surface area contributed by atoms with Gasteiger partial charge in [0.05, 0.1) is 12.4 Å². The Hall–Kier alpha value is -1.23. The van der Waals surface area contributed by atoms with Crippen molar-refractivity contribution in [2.24, 2.45) is 11.7 Å². The molecule has 0 aromatic carbocycles. The maximum Gasteiger partial charge on any atom is 0.146 e. The first-order valence-corrected chi connectivity index (χ1v) is 6.90. The molecule has 1 saturated carbocycles. The average Bonchev–Trinajstić information content (AvgIpc) is 2.40. The van der Waals surface area contributed by atoms with E-state index in [-0.39, 0.29) is 0 Å². The van der Waals surface area contributed by atoms with Gasteiger partial charge in [-0.15, -0.1) is 0 Å². The molecule has 2 N–H and O–H groups in total. The maximum absolute atomic E-state index is 5.50. The number of nitrogens with two attached hydrogens (primary N) is 1. The van der Waals surface area contributed by atoms with E-state index in [4.69, 9.17) is 18.0 Å². The van der Waals surface area contributed by atoms with Crippen molar-refractivity contribution in [1.82, 2.24) is 9.97 Å². The summed E-state index contributed by atoms with van der Waals surface area (Å²) in [6.07, 6.45) is 10.2. The summed E-state index contributed by atoms with van der Waals surface area (Å²) in [4.78, 5) is 11.1. The second-order valence-electron chi connectivity index (χ2n) is 5.01. The summed E-state index contributed by atoms with van der Waals surface area (Å²) in [7, 11) is 2.07. The van der Waals surface area contributed by atoms with Crippen LogP contribution in [-0.4, -0.2) is 28.5 Å². The van der Waals surface area contributed by atoms with Crippen LogP contribution < -0.4 is 10.6 Å². The van der Waals surface area contributed by atoms with Gasteiger partial charge >= 0.3 is 0 Å². The van der Waals surface area contributed by atoms with Gasteiger partial charge in [0.2, 0.25) is 0 Å². The van der Waals surface area contributed by atoms with Gasteiger partial charge in [0.15, 0.2) is 0 Å². The lowest BCUT2D eigenvalue weighted by molar-refractivity contribution is 0.361. The second-order valence-corrected chi connectivity index (χ2v) is 5.45. The molecular formula is C13H20N4S. The van der Waals surface area contributed by atoms with Gasteiger partial charge < -0.3 is 10.6 Å². The fourth-order valence-corrected chi connectivity index (χ4v) is 2.60. The van der Waals surface area contributed by atoms with Gasteiger partial charge in [-0.1, -0.05) is 31.5 Å². The monoisotopic (exact) mass is 264 g/mol. The van der Waals surface area contributed by atoms with E-state index >= 15 is 0 Å². The summed E-state index contributed by atoms with van der Waals surface area (Å²) in [6, 6.07) is 0. The molecule has 0 atom stereocenters. The van der Waals surface area contributed by atoms with E-state index in [0.29, 0.717) is 10.7 Å². The molecule has 1 aliphatic rings. The first kappa shape index (κ1) is 13.2. The number of thiocarbonyl (C=S) groups is 1. The van der Waals surface area contributed by atoms with E-state index in [1.54, 1.807) is 12.4 Å². The summed E-state index contributed by atoms with van der Waals surface area (Å²) in [5.74, 6) is 1.68. The fourth-order valence-electron chi connectivity index (χ4n) is 2.50. The summed E-state index contributed by atoms with van der Waals surface area (Å²) < 4.78 is 0. The molecule has 0 saturated heterocycles. The third-order valence-corrected chi connectivity index (χ3v) is 3.75. The Labute approximate surface area is 114 Å². The summed E-state index contributed by atoms with van der Waals surface area (Å²) in [6.45, 7) is 1.06. The molecule has 5 heteroatoms. The van der Waals surface area contributed by atoms with Crippen LogP contribution in [0.4, 0.5) is 5.82 Å². The zero-order valence-corrected chi connectivity index (χ0v) is 11.6. The van der Waals surface area contributed by atoms with Crippen molar-refractivity contribution in [3.63, 3.8) is 0 Å². The predicted octanol–water partition coefficient (Wildman–Crippen LogP) is 2.13. The van der Waals surface area contributed by atoms with Crippen molar-refractivity contribution in [2.75, 3.05) is 18.5 Å². The molecule has 0 unspecified atom stereocenters. The van der Waals surface area contributed by atoms with Crippen LogP contribution >= 0.6 is 12.2 Å². The molecule has 1 aromatic rings. The minimum atomic E-state index is 0.295. The minimum Gasteiger partial charge on any atom is -0.388 e. The Bertz CT molecular complexity index is 398. The van der Waals surface area contributed by atoms with Crippen molar-refractivity contribution in [1.29, 1.82) is 0 Å². The fraction of sp³-hybridized carbons (Fsp3) is 0.615. The Morgan fingerprint density at radius 3 is 2.61 bits per heavy atom. The van der Waals surface area contributed by atoms with Crippen LogP contribution in [0.1, 0.15) is 37.8 Å². The minimum absolute atomic E-state index is 0.295. The van der Waals surface area contributed by atoms with E-state index in [9.17, 15) is 0 Å². The molecule has 1 aromatic heterocycles. The highest BCUT2D eigenvalue weighted by Gasteiger charge is 2.16. The van der Waals surface area contributed by atoms with Gasteiger partial charge in [0.1, 0.15) is 16.5 Å². The first-order valence-electron chi connectivity index (χ1n) is 6.50. The molecule has 0 aliphatic heterocycles. The topological polar surface area (TPSA) is 55.0 Å². The van der Waals surface area contributed by atoms with Crippen molar-refractivity contribution < 1.29 is 0 Å². The normalized spacial score (nSPS) is 16.5. The van der Waals surface area contributed by atoms with E-state index < -0.39 is 0 Å². The van der Waals surface area contributed by atoms with E-state index in [1.165, 1.54) is 32.1 Å². The zero-order valence-electron chi connectivity index (χ0n) is 10.8. The Morgan fingerprint density at radius 1 is 1.33 bits per heavy atom. The predicted molar refractivity (Wildman–Crippen MR) is 77.8 cm³/mol. The van der Waals surface area contributed by atoms with E-state index in [0.717, 1.165) is 18.3 Å². The lowest BCUT2D eigenvalue weighted by Crippen LogP contribution is -2.27. The average molecular weight is 264 g/mol. The third-order valence-electron chi connectivity index (χ3n) is 3.54. The number of hydrogen-bond donors (Lipinski definition) is 1. The third kappa shape index (κ3) is 3.38. The molecule has 0 radical (unpaired) electrons. The highest BCUT2D eigenvalue weighted by Crippen LogP contribution is 2.25. The van der Waals surface area contributed by atoms with E-state index in [1.807, 2.05) is 0 Å². The van der Waals surface area contributed by atoms with Crippen LogP contribution in [0.2, 0.25) is 0 Å². The lowest BCUT2D eigenvalue weighted by Gasteiger charge is -2.27. The van der Waals surface area contributed by atoms with Gasteiger partial charge in [-0.2, -0.15) is 0 Å².